The molecule has 0 aliphatic rings. The summed E-state index contributed by atoms with van der Waals surface area (Å²) < 4.78 is 346. The minimum Gasteiger partial charge on any atom is -0.457 e. The number of esters is 4. The number of carbonyl (C=O) groups excluding carboxylic acids is 4. The summed E-state index contributed by atoms with van der Waals surface area (Å²) in [5, 5.41) is 0. The third-order valence-electron chi connectivity index (χ3n) is 15.2. The Morgan fingerprint density at radius 1 is 0.232 bits per heavy atom. The van der Waals surface area contributed by atoms with Crippen LogP contribution in [0.5, 0.6) is 0 Å². The van der Waals surface area contributed by atoms with Crippen molar-refractivity contribution in [2.75, 3.05) is 0 Å². The number of halogens is 24. The molecule has 0 bridgehead atoms. The molecular formula is C80H36F24O8. The second-order valence-corrected chi connectivity index (χ2v) is 22.9. The minimum absolute atomic E-state index is 0.0506. The van der Waals surface area contributed by atoms with E-state index in [0.717, 1.165) is 72.8 Å². The van der Waals surface area contributed by atoms with Crippen molar-refractivity contribution in [3.63, 3.8) is 0 Å². The number of hydrogen-bond donors (Lipinski definition) is 0. The highest BCUT2D eigenvalue weighted by Crippen LogP contribution is 2.34. The molecule has 32 heteroatoms. The summed E-state index contributed by atoms with van der Waals surface area (Å²) >= 11 is 0. The molecule has 8 nitrogen and oxygen atoms in total. The fourth-order valence-corrected chi connectivity index (χ4v) is 9.52. The van der Waals surface area contributed by atoms with Crippen molar-refractivity contribution in [2.24, 2.45) is 0 Å². The third-order valence-corrected chi connectivity index (χ3v) is 15.2. The van der Waals surface area contributed by atoms with Gasteiger partial charge in [-0.15, -0.1) is 0 Å². The Kier molecular flexibility index (Phi) is 25.5. The number of carbonyl (C=O) groups is 4. The van der Waals surface area contributed by atoms with Crippen molar-refractivity contribution in [3.8, 4) is 47.4 Å². The predicted octanol–water partition coefficient (Wildman–Crippen LogP) is 20.1. The maximum Gasteiger partial charge on any atom is 0.416 e. The van der Waals surface area contributed by atoms with Crippen LogP contribution in [0.15, 0.2) is 170 Å². The summed E-state index contributed by atoms with van der Waals surface area (Å²) in [5.74, 6) is -2.35. The Hall–Kier alpha value is -13.4. The monoisotopic (exact) mass is 1580 g/mol. The average Bonchev–Trinajstić information content (AvgIpc) is 0.791. The van der Waals surface area contributed by atoms with Gasteiger partial charge in [-0.3, -0.25) is 0 Å². The zero-order chi connectivity index (χ0) is 81.9. The molecule has 0 aliphatic heterocycles. The van der Waals surface area contributed by atoms with Gasteiger partial charge in [0.05, 0.1) is 66.8 Å². The van der Waals surface area contributed by atoms with Crippen LogP contribution in [0.1, 0.15) is 130 Å². The molecule has 0 aromatic heterocycles. The SMILES string of the molecule is O=C(OCc1c(F)cc(F)cc1F)c1cc(C#Cc2ccc(C(F)(F)F)cc2)c(C(=O)OCc2c(F)cc(F)cc2F)cc1C#Cc1ccc(C(F)(F)F)cc1.O=C(OCc1c(F)cc(F)cc1F)c1cc(C#Cc2ccc(C(F)(F)F)cc2)c(C(=O)OCc2c(F)cc(F)cc2F)cc1C#Cc1ccc(C(F)(F)F)cc1. The molecule has 572 valence electrons. The normalized spacial score (nSPS) is 11.2. The van der Waals surface area contributed by atoms with E-state index in [1.807, 2.05) is 0 Å². The summed E-state index contributed by atoms with van der Waals surface area (Å²) in [4.78, 5) is 53.7. The van der Waals surface area contributed by atoms with Crippen LogP contribution in [0.4, 0.5) is 105 Å². The maximum absolute atomic E-state index is 14.3. The van der Waals surface area contributed by atoms with Crippen LogP contribution in [0.25, 0.3) is 0 Å². The van der Waals surface area contributed by atoms with Crippen LogP contribution in [0.3, 0.4) is 0 Å². The second kappa shape index (κ2) is 34.5. The van der Waals surface area contributed by atoms with E-state index < -0.39 is 234 Å². The fraction of sp³-hybridized carbons (Fsp3) is 0.100. The van der Waals surface area contributed by atoms with Crippen LogP contribution < -0.4 is 0 Å². The summed E-state index contributed by atoms with van der Waals surface area (Å²) in [6.07, 6.45) is -18.8. The molecule has 0 spiro atoms. The maximum atomic E-state index is 14.3. The van der Waals surface area contributed by atoms with Crippen LogP contribution in [-0.2, 0) is 70.1 Å². The molecule has 0 aliphatic carbocycles. The Bertz CT molecular complexity index is 4800. The molecule has 0 unspecified atom stereocenters. The van der Waals surface area contributed by atoms with Gasteiger partial charge in [-0.25, -0.2) is 71.9 Å². The van der Waals surface area contributed by atoms with Gasteiger partial charge in [0.1, 0.15) is 96.2 Å². The van der Waals surface area contributed by atoms with Gasteiger partial charge in [0.25, 0.3) is 0 Å². The van der Waals surface area contributed by atoms with Gasteiger partial charge >= 0.3 is 48.6 Å². The second-order valence-electron chi connectivity index (χ2n) is 22.9. The summed E-state index contributed by atoms with van der Waals surface area (Å²) in [6.45, 7) is -4.47. The van der Waals surface area contributed by atoms with Crippen LogP contribution in [0.2, 0.25) is 0 Å². The molecule has 0 saturated carbocycles. The highest BCUT2D eigenvalue weighted by molar-refractivity contribution is 5.99. The van der Waals surface area contributed by atoms with Crippen molar-refractivity contribution in [1.82, 2.24) is 0 Å². The largest absolute Gasteiger partial charge is 0.457 e. The molecule has 0 atom stereocenters. The molecule has 0 amide bonds. The lowest BCUT2D eigenvalue weighted by molar-refractivity contribution is -0.138. The van der Waals surface area contributed by atoms with E-state index in [0.29, 0.717) is 97.1 Å². The molecule has 0 N–H and O–H groups in total. The van der Waals surface area contributed by atoms with Crippen molar-refractivity contribution >= 4 is 23.9 Å². The predicted molar refractivity (Wildman–Crippen MR) is 344 cm³/mol. The van der Waals surface area contributed by atoms with Crippen molar-refractivity contribution in [1.29, 1.82) is 0 Å². The first-order chi connectivity index (χ1) is 52.6. The topological polar surface area (TPSA) is 105 Å². The van der Waals surface area contributed by atoms with Crippen LogP contribution in [0, 0.1) is 117 Å². The van der Waals surface area contributed by atoms with Gasteiger partial charge in [0, 0.05) is 93.0 Å². The highest BCUT2D eigenvalue weighted by Gasteiger charge is 2.34. The number of hydrogen-bond acceptors (Lipinski definition) is 8. The number of rotatable bonds is 12. The van der Waals surface area contributed by atoms with E-state index in [9.17, 15) is 125 Å². The molecule has 0 saturated heterocycles. The van der Waals surface area contributed by atoms with Gasteiger partial charge in [0.15, 0.2) is 0 Å². The summed E-state index contributed by atoms with van der Waals surface area (Å²) in [6, 6.07) is 19.2. The summed E-state index contributed by atoms with van der Waals surface area (Å²) in [5.41, 5.74) is -11.9. The lowest BCUT2D eigenvalue weighted by Crippen LogP contribution is -2.14. The molecule has 0 radical (unpaired) electrons. The van der Waals surface area contributed by atoms with E-state index in [-0.39, 0.29) is 22.3 Å². The van der Waals surface area contributed by atoms with Gasteiger partial charge < -0.3 is 18.9 Å². The number of benzene rings is 10. The Morgan fingerprint density at radius 3 is 0.527 bits per heavy atom. The van der Waals surface area contributed by atoms with Crippen LogP contribution >= 0.6 is 0 Å². The van der Waals surface area contributed by atoms with Gasteiger partial charge in [-0.1, -0.05) is 47.4 Å². The third kappa shape index (κ3) is 21.5. The standard InChI is InChI=1S/2C40H18F12O4/c2*41-27-15-33(43)31(34(44)16-27)19-55-37(53)29-14-24(8-2-22-5-11-26(12-6-22)40(50,51)52)30(38(54)56-20-32-35(45)17-28(42)18-36(32)46)13-23(29)7-1-21-3-9-25(10-4-21)39(47,48)49/h2*3-6,9-18H,19-20H2. The molecule has 0 heterocycles. The first kappa shape index (κ1) is 82.7. The zero-order valence-corrected chi connectivity index (χ0v) is 55.3. The van der Waals surface area contributed by atoms with Gasteiger partial charge in [0.2, 0.25) is 0 Å². The van der Waals surface area contributed by atoms with Crippen molar-refractivity contribution in [2.45, 2.75) is 51.1 Å². The van der Waals surface area contributed by atoms with Gasteiger partial charge in [-0.05, 0) is 121 Å². The smallest absolute Gasteiger partial charge is 0.416 e. The lowest BCUT2D eigenvalue weighted by atomic mass is 9.97. The Morgan fingerprint density at radius 2 is 0.384 bits per heavy atom. The Balaban J connectivity index is 0.000000257. The van der Waals surface area contributed by atoms with Crippen molar-refractivity contribution < 1.29 is 143 Å². The molecule has 10 aromatic carbocycles. The first-order valence-electron chi connectivity index (χ1n) is 31.0. The minimum atomic E-state index is -4.70. The molecule has 112 heavy (non-hydrogen) atoms. The average molecular weight is 1580 g/mol. The quantitative estimate of drug-likeness (QED) is 0.0516. The summed E-state index contributed by atoms with van der Waals surface area (Å²) in [7, 11) is 0. The Labute approximate surface area is 614 Å². The molecule has 10 rings (SSSR count). The van der Waals surface area contributed by atoms with E-state index in [1.165, 1.54) is 0 Å². The first-order valence-corrected chi connectivity index (χ1v) is 31.0. The lowest BCUT2D eigenvalue weighted by Gasteiger charge is -2.12. The van der Waals surface area contributed by atoms with Crippen molar-refractivity contribution in [3.05, 3.63) is 351 Å². The van der Waals surface area contributed by atoms with Gasteiger partial charge in [-0.2, -0.15) is 52.7 Å². The zero-order valence-electron chi connectivity index (χ0n) is 55.3. The van der Waals surface area contributed by atoms with Crippen LogP contribution in [-0.4, -0.2) is 23.9 Å². The molecule has 0 fully saturated rings. The number of alkyl halides is 12. The molecule has 10 aromatic rings. The van der Waals surface area contributed by atoms with E-state index in [2.05, 4.69) is 47.4 Å². The van der Waals surface area contributed by atoms with E-state index in [4.69, 9.17) is 18.9 Å². The number of ether oxygens (including phenoxy) is 4. The fourth-order valence-electron chi connectivity index (χ4n) is 9.52. The highest BCUT2D eigenvalue weighted by atomic mass is 19.4. The van der Waals surface area contributed by atoms with E-state index in [1.54, 1.807) is 0 Å². The van der Waals surface area contributed by atoms with E-state index >= 15 is 0 Å². The molecular weight excluding hydrogens is 1540 g/mol.